The molecule has 35 heavy (non-hydrogen) atoms. The molecule has 0 spiro atoms. The number of hydrogen-bond acceptors (Lipinski definition) is 2. The van der Waals surface area contributed by atoms with Gasteiger partial charge in [0.1, 0.15) is 5.82 Å². The molecule has 7 aromatic rings. The van der Waals surface area contributed by atoms with Crippen LogP contribution in [-0.4, -0.2) is 19.1 Å². The van der Waals surface area contributed by atoms with Gasteiger partial charge in [-0.2, -0.15) is 0 Å². The predicted molar refractivity (Wildman–Crippen MR) is 144 cm³/mol. The quantitative estimate of drug-likeness (QED) is 0.281. The van der Waals surface area contributed by atoms with Crippen molar-refractivity contribution in [2.24, 2.45) is 7.05 Å². The van der Waals surface area contributed by atoms with E-state index in [-0.39, 0.29) is 0 Å². The van der Waals surface area contributed by atoms with Crippen molar-refractivity contribution in [3.05, 3.63) is 116 Å². The number of nitrogens with zero attached hydrogens (tertiary/aromatic N) is 4. The van der Waals surface area contributed by atoms with E-state index < -0.39 is 0 Å². The van der Waals surface area contributed by atoms with Gasteiger partial charge in [-0.3, -0.25) is 4.98 Å². The van der Waals surface area contributed by atoms with Crippen LogP contribution in [0.4, 0.5) is 0 Å². The topological polar surface area (TPSA) is 35.6 Å². The minimum atomic E-state index is 0.954. The van der Waals surface area contributed by atoms with Crippen molar-refractivity contribution in [3.63, 3.8) is 0 Å². The predicted octanol–water partition coefficient (Wildman–Crippen LogP) is 7.40. The zero-order valence-corrected chi connectivity index (χ0v) is 19.3. The Kier molecular flexibility index (Phi) is 4.33. The van der Waals surface area contributed by atoms with Gasteiger partial charge in [0, 0.05) is 58.6 Å². The van der Waals surface area contributed by atoms with Gasteiger partial charge in [0.25, 0.3) is 0 Å². The number of para-hydroxylation sites is 2. The Morgan fingerprint density at radius 1 is 0.629 bits per heavy atom. The summed E-state index contributed by atoms with van der Waals surface area (Å²) < 4.78 is 4.41. The lowest BCUT2D eigenvalue weighted by Crippen LogP contribution is -1.96. The number of fused-ring (bicyclic) bond motifs is 4. The summed E-state index contributed by atoms with van der Waals surface area (Å²) in [5, 5.41) is 3.63. The largest absolute Gasteiger partial charge is 0.334 e. The van der Waals surface area contributed by atoms with Crippen molar-refractivity contribution in [2.75, 3.05) is 0 Å². The molecule has 0 N–H and O–H groups in total. The summed E-state index contributed by atoms with van der Waals surface area (Å²) in [4.78, 5) is 9.26. The maximum atomic E-state index is 4.69. The zero-order chi connectivity index (χ0) is 23.4. The zero-order valence-electron chi connectivity index (χ0n) is 19.3. The number of benzene rings is 4. The summed E-state index contributed by atoms with van der Waals surface area (Å²) in [5.41, 5.74) is 7.89. The maximum Gasteiger partial charge on any atom is 0.139 e. The molecule has 3 aromatic heterocycles. The van der Waals surface area contributed by atoms with Crippen LogP contribution in [0, 0.1) is 0 Å². The van der Waals surface area contributed by atoms with Crippen LogP contribution in [0.15, 0.2) is 116 Å². The first kappa shape index (κ1) is 19.7. The lowest BCUT2D eigenvalue weighted by Gasteiger charge is -2.11. The molecular weight excluding hydrogens is 428 g/mol. The Balaban J connectivity index is 1.51. The normalized spacial score (nSPS) is 11.6. The summed E-state index contributed by atoms with van der Waals surface area (Å²) >= 11 is 0. The molecule has 0 radical (unpaired) electrons. The minimum Gasteiger partial charge on any atom is -0.334 e. The van der Waals surface area contributed by atoms with Crippen molar-refractivity contribution < 1.29 is 0 Å². The Morgan fingerprint density at radius 3 is 2.40 bits per heavy atom. The van der Waals surface area contributed by atoms with Gasteiger partial charge in [-0.05, 0) is 35.9 Å². The summed E-state index contributed by atoms with van der Waals surface area (Å²) in [7, 11) is 2.03. The van der Waals surface area contributed by atoms with Crippen molar-refractivity contribution in [2.45, 2.75) is 0 Å². The van der Waals surface area contributed by atoms with Crippen molar-refractivity contribution in [1.82, 2.24) is 19.1 Å². The van der Waals surface area contributed by atoms with E-state index in [1.165, 1.54) is 21.8 Å². The molecule has 0 unspecified atom stereocenters. The van der Waals surface area contributed by atoms with E-state index >= 15 is 0 Å². The highest BCUT2D eigenvalue weighted by atomic mass is 15.0. The third-order valence-corrected chi connectivity index (χ3v) is 6.80. The molecule has 4 nitrogen and oxygen atoms in total. The molecule has 7 rings (SSSR count). The summed E-state index contributed by atoms with van der Waals surface area (Å²) in [6, 6.07) is 34.5. The first-order valence-electron chi connectivity index (χ1n) is 11.7. The molecular formula is C31H22N4. The van der Waals surface area contributed by atoms with Crippen molar-refractivity contribution >= 4 is 32.7 Å². The standard InChI is InChI=1S/C31H22N4/c1-34-18-17-33-31(34)23-8-4-10-24(19-23)35-28-13-3-2-11-26(28)27-15-14-22(20-29(27)35)25-12-5-7-21-9-6-16-32-30(21)25/h2-20H,1H3. The van der Waals surface area contributed by atoms with Crippen LogP contribution in [0.1, 0.15) is 0 Å². The molecule has 3 heterocycles. The fraction of sp³-hybridized carbons (Fsp3) is 0.0323. The molecule has 166 valence electrons. The molecule has 4 aromatic carbocycles. The van der Waals surface area contributed by atoms with E-state index in [1.54, 1.807) is 0 Å². The number of aromatic nitrogens is 4. The number of aryl methyl sites for hydroxylation is 1. The van der Waals surface area contributed by atoms with Crippen LogP contribution in [-0.2, 0) is 7.05 Å². The molecule has 0 saturated heterocycles. The van der Waals surface area contributed by atoms with Crippen molar-refractivity contribution in [3.8, 4) is 28.2 Å². The maximum absolute atomic E-state index is 4.69. The number of rotatable bonds is 3. The summed E-state index contributed by atoms with van der Waals surface area (Å²) in [6.45, 7) is 0. The molecule has 0 aliphatic heterocycles. The highest BCUT2D eigenvalue weighted by molar-refractivity contribution is 6.10. The van der Waals surface area contributed by atoms with Crippen LogP contribution in [0.3, 0.4) is 0 Å². The van der Waals surface area contributed by atoms with E-state index in [0.717, 1.165) is 39.1 Å². The number of imidazole rings is 1. The summed E-state index contributed by atoms with van der Waals surface area (Å²) in [5.74, 6) is 0.954. The Labute approximate surface area is 202 Å². The highest BCUT2D eigenvalue weighted by Gasteiger charge is 2.15. The minimum absolute atomic E-state index is 0.954. The van der Waals surface area contributed by atoms with Crippen LogP contribution in [0.5, 0.6) is 0 Å². The number of hydrogen-bond donors (Lipinski definition) is 0. The Bertz CT molecular complexity index is 1870. The lowest BCUT2D eigenvalue weighted by atomic mass is 10.0. The van der Waals surface area contributed by atoms with Crippen LogP contribution < -0.4 is 0 Å². The molecule has 4 heteroatoms. The second-order valence-electron chi connectivity index (χ2n) is 8.88. The van der Waals surface area contributed by atoms with Gasteiger partial charge in [0.15, 0.2) is 0 Å². The molecule has 0 aliphatic carbocycles. The van der Waals surface area contributed by atoms with Crippen LogP contribution >= 0.6 is 0 Å². The van der Waals surface area contributed by atoms with Gasteiger partial charge in [-0.15, -0.1) is 0 Å². The third kappa shape index (κ3) is 3.07. The molecule has 0 atom stereocenters. The first-order valence-corrected chi connectivity index (χ1v) is 11.7. The SMILES string of the molecule is Cn1ccnc1-c1cccc(-n2c3ccccc3c3ccc(-c4cccc5cccnc45)cc32)c1. The van der Waals surface area contributed by atoms with Gasteiger partial charge in [0.2, 0.25) is 0 Å². The van der Waals surface area contributed by atoms with Crippen LogP contribution in [0.25, 0.3) is 60.9 Å². The van der Waals surface area contributed by atoms with Gasteiger partial charge in [-0.1, -0.05) is 66.7 Å². The monoisotopic (exact) mass is 450 g/mol. The molecule has 0 aliphatic rings. The third-order valence-electron chi connectivity index (χ3n) is 6.80. The molecule has 0 saturated carbocycles. The van der Waals surface area contributed by atoms with E-state index in [4.69, 9.17) is 4.98 Å². The average molecular weight is 451 g/mol. The van der Waals surface area contributed by atoms with Crippen LogP contribution in [0.2, 0.25) is 0 Å². The molecule has 0 fully saturated rings. The van der Waals surface area contributed by atoms with E-state index in [2.05, 4.69) is 105 Å². The summed E-state index contributed by atoms with van der Waals surface area (Å²) in [6.07, 6.45) is 5.68. The molecule has 0 amide bonds. The average Bonchev–Trinajstić information content (AvgIpc) is 3.49. The Hall–Kier alpha value is -4.70. The van der Waals surface area contributed by atoms with Gasteiger partial charge in [-0.25, -0.2) is 4.98 Å². The molecule has 0 bridgehead atoms. The highest BCUT2D eigenvalue weighted by Crippen LogP contribution is 2.36. The van der Waals surface area contributed by atoms with Gasteiger partial charge in [0.05, 0.1) is 16.6 Å². The second-order valence-corrected chi connectivity index (χ2v) is 8.88. The van der Waals surface area contributed by atoms with Crippen molar-refractivity contribution in [1.29, 1.82) is 0 Å². The van der Waals surface area contributed by atoms with E-state index in [0.29, 0.717) is 0 Å². The smallest absolute Gasteiger partial charge is 0.139 e. The van der Waals surface area contributed by atoms with Gasteiger partial charge < -0.3 is 9.13 Å². The van der Waals surface area contributed by atoms with E-state index in [9.17, 15) is 0 Å². The lowest BCUT2D eigenvalue weighted by molar-refractivity contribution is 0.924. The fourth-order valence-electron chi connectivity index (χ4n) is 5.18. The van der Waals surface area contributed by atoms with Gasteiger partial charge >= 0.3 is 0 Å². The fourth-order valence-corrected chi connectivity index (χ4v) is 5.18. The Morgan fingerprint density at radius 2 is 1.49 bits per heavy atom. The second kappa shape index (κ2) is 7.67. The number of pyridine rings is 1. The first-order chi connectivity index (χ1) is 17.3. The van der Waals surface area contributed by atoms with E-state index in [1.807, 2.05) is 31.7 Å².